The second-order valence-corrected chi connectivity index (χ2v) is 8.74. The maximum atomic E-state index is 2.42. The quantitative estimate of drug-likeness (QED) is 0.331. The van der Waals surface area contributed by atoms with Gasteiger partial charge in [0.2, 0.25) is 6.33 Å². The van der Waals surface area contributed by atoms with E-state index in [-0.39, 0.29) is 5.41 Å². The van der Waals surface area contributed by atoms with Crippen LogP contribution in [0, 0.1) is 5.92 Å². The lowest BCUT2D eigenvalue weighted by atomic mass is 9.68. The Morgan fingerprint density at radius 1 is 0.800 bits per heavy atom. The maximum absolute atomic E-state index is 2.42. The van der Waals surface area contributed by atoms with Crippen molar-refractivity contribution in [2.24, 2.45) is 5.92 Å². The molecule has 0 spiro atoms. The van der Waals surface area contributed by atoms with Crippen LogP contribution in [0.15, 0.2) is 110 Å². The first-order valence-electron chi connectivity index (χ1n) is 10.8. The summed E-state index contributed by atoms with van der Waals surface area (Å²) < 4.78 is 4.62. The minimum Gasteiger partial charge on any atom is -0.233 e. The van der Waals surface area contributed by atoms with E-state index in [0.29, 0.717) is 12.0 Å². The Hall–Kier alpha value is -3.13. The molecule has 4 aromatic rings. The fraction of sp³-hybridized carbons (Fsp3) is 0.250. The van der Waals surface area contributed by atoms with Crippen LogP contribution in [0.5, 0.6) is 0 Å². The van der Waals surface area contributed by atoms with E-state index >= 15 is 0 Å². The first-order chi connectivity index (χ1) is 14.6. The standard InChI is InChI=1S/C28H31N2/c1-23(2)27(30-20-19-29(22-30)26-17-11-6-12-18-26)28(3,25-15-9-5-10-16-25)21-24-13-7-4-8-14-24/h4-20,22-23,27H,21H2,1-3H3/q+1. The van der Waals surface area contributed by atoms with Crippen molar-refractivity contribution in [3.8, 4) is 5.69 Å². The Kier molecular flexibility index (Phi) is 5.85. The zero-order valence-electron chi connectivity index (χ0n) is 18.1. The van der Waals surface area contributed by atoms with Crippen molar-refractivity contribution in [3.63, 3.8) is 0 Å². The predicted molar refractivity (Wildman–Crippen MR) is 124 cm³/mol. The van der Waals surface area contributed by atoms with Crippen LogP contribution in [0.2, 0.25) is 0 Å². The third kappa shape index (κ3) is 4.09. The van der Waals surface area contributed by atoms with Crippen LogP contribution in [-0.4, -0.2) is 4.57 Å². The first-order valence-corrected chi connectivity index (χ1v) is 10.8. The molecule has 2 unspecified atom stereocenters. The summed E-state index contributed by atoms with van der Waals surface area (Å²) in [5.41, 5.74) is 3.89. The number of aromatic nitrogens is 2. The van der Waals surface area contributed by atoms with E-state index in [9.17, 15) is 0 Å². The number of benzene rings is 3. The van der Waals surface area contributed by atoms with E-state index in [1.165, 1.54) is 16.8 Å². The van der Waals surface area contributed by atoms with Gasteiger partial charge < -0.3 is 0 Å². The topological polar surface area (TPSA) is 8.81 Å². The largest absolute Gasteiger partial charge is 0.249 e. The summed E-state index contributed by atoms with van der Waals surface area (Å²) in [4.78, 5) is 0. The Morgan fingerprint density at radius 2 is 1.37 bits per heavy atom. The number of para-hydroxylation sites is 1. The molecule has 2 atom stereocenters. The van der Waals surface area contributed by atoms with Crippen molar-refractivity contribution >= 4 is 0 Å². The van der Waals surface area contributed by atoms with Crippen LogP contribution in [0.4, 0.5) is 0 Å². The van der Waals surface area contributed by atoms with E-state index in [2.05, 4.69) is 140 Å². The first kappa shape index (κ1) is 20.2. The van der Waals surface area contributed by atoms with E-state index in [0.717, 1.165) is 6.42 Å². The molecule has 0 bridgehead atoms. The van der Waals surface area contributed by atoms with Crippen molar-refractivity contribution in [3.05, 3.63) is 121 Å². The minimum absolute atomic E-state index is 0.0513. The summed E-state index contributed by atoms with van der Waals surface area (Å²) in [6.07, 6.45) is 7.62. The molecular weight excluding hydrogens is 364 g/mol. The highest BCUT2D eigenvalue weighted by atomic mass is 15.1. The van der Waals surface area contributed by atoms with Gasteiger partial charge in [0, 0.05) is 5.41 Å². The summed E-state index contributed by atoms with van der Waals surface area (Å²) in [5, 5.41) is 0. The fourth-order valence-electron chi connectivity index (χ4n) is 4.91. The van der Waals surface area contributed by atoms with Crippen molar-refractivity contribution in [2.75, 3.05) is 0 Å². The lowest BCUT2D eigenvalue weighted by Gasteiger charge is -2.38. The summed E-state index contributed by atoms with van der Waals surface area (Å²) in [6.45, 7) is 7.10. The predicted octanol–water partition coefficient (Wildman–Crippen LogP) is 6.16. The summed E-state index contributed by atoms with van der Waals surface area (Å²) in [7, 11) is 0. The van der Waals surface area contributed by atoms with Crippen molar-refractivity contribution in [2.45, 2.75) is 38.6 Å². The molecule has 1 aromatic heterocycles. The molecule has 0 radical (unpaired) electrons. The number of hydrogen-bond acceptors (Lipinski definition) is 0. The summed E-state index contributed by atoms with van der Waals surface area (Å²) in [6, 6.07) is 32.7. The van der Waals surface area contributed by atoms with Gasteiger partial charge in [-0.1, -0.05) is 99.6 Å². The van der Waals surface area contributed by atoms with Crippen molar-refractivity contribution in [1.82, 2.24) is 4.57 Å². The van der Waals surface area contributed by atoms with Crippen molar-refractivity contribution < 1.29 is 4.57 Å². The molecule has 3 aromatic carbocycles. The van der Waals surface area contributed by atoms with Gasteiger partial charge in [0.15, 0.2) is 0 Å². The maximum Gasteiger partial charge on any atom is 0.249 e. The van der Waals surface area contributed by atoms with Crippen LogP contribution in [0.3, 0.4) is 0 Å². The molecule has 4 rings (SSSR count). The normalized spacial score (nSPS) is 14.4. The van der Waals surface area contributed by atoms with Crippen LogP contribution < -0.4 is 4.57 Å². The Labute approximate surface area is 180 Å². The van der Waals surface area contributed by atoms with Gasteiger partial charge in [-0.3, -0.25) is 0 Å². The second-order valence-electron chi connectivity index (χ2n) is 8.74. The molecule has 0 aliphatic rings. The molecule has 0 saturated heterocycles. The Balaban J connectivity index is 1.80. The zero-order valence-corrected chi connectivity index (χ0v) is 18.1. The Morgan fingerprint density at radius 3 is 1.97 bits per heavy atom. The molecule has 2 nitrogen and oxygen atoms in total. The lowest BCUT2D eigenvalue weighted by molar-refractivity contribution is -0.737. The van der Waals surface area contributed by atoms with Crippen LogP contribution in [0.25, 0.3) is 5.69 Å². The molecule has 1 heterocycles. The molecule has 0 saturated carbocycles. The van der Waals surface area contributed by atoms with Gasteiger partial charge in [0.25, 0.3) is 0 Å². The lowest BCUT2D eigenvalue weighted by Crippen LogP contribution is -2.53. The fourth-order valence-corrected chi connectivity index (χ4v) is 4.91. The number of imidazole rings is 1. The molecule has 152 valence electrons. The van der Waals surface area contributed by atoms with Gasteiger partial charge >= 0.3 is 0 Å². The number of hydrogen-bond donors (Lipinski definition) is 0. The molecule has 0 fully saturated rings. The second kappa shape index (κ2) is 8.71. The zero-order chi connectivity index (χ0) is 21.0. The molecule has 30 heavy (non-hydrogen) atoms. The van der Waals surface area contributed by atoms with E-state index in [1.54, 1.807) is 0 Å². The third-order valence-electron chi connectivity index (χ3n) is 6.16. The third-order valence-corrected chi connectivity index (χ3v) is 6.16. The molecule has 0 N–H and O–H groups in total. The average Bonchev–Trinajstić information content (AvgIpc) is 3.25. The summed E-state index contributed by atoms with van der Waals surface area (Å²) >= 11 is 0. The van der Waals surface area contributed by atoms with Gasteiger partial charge in [-0.15, -0.1) is 0 Å². The van der Waals surface area contributed by atoms with Gasteiger partial charge in [-0.2, -0.15) is 0 Å². The van der Waals surface area contributed by atoms with E-state index in [1.807, 2.05) is 0 Å². The van der Waals surface area contributed by atoms with Crippen LogP contribution >= 0.6 is 0 Å². The van der Waals surface area contributed by atoms with Crippen LogP contribution in [-0.2, 0) is 11.8 Å². The van der Waals surface area contributed by atoms with Gasteiger partial charge in [-0.25, -0.2) is 9.13 Å². The summed E-state index contributed by atoms with van der Waals surface area (Å²) in [5.74, 6) is 0.468. The SMILES string of the molecule is CC(C)C([n+]1ccn(-c2ccccc2)c1)C(C)(Cc1ccccc1)c1ccccc1. The molecule has 0 aliphatic heterocycles. The van der Waals surface area contributed by atoms with Gasteiger partial charge in [0.05, 0.1) is 0 Å². The average molecular weight is 396 g/mol. The number of nitrogens with zero attached hydrogens (tertiary/aromatic N) is 2. The molecule has 0 aliphatic carbocycles. The molecular formula is C28H31N2+. The van der Waals surface area contributed by atoms with Gasteiger partial charge in [0.1, 0.15) is 24.1 Å². The highest BCUT2D eigenvalue weighted by molar-refractivity contribution is 5.31. The smallest absolute Gasteiger partial charge is 0.233 e. The van der Waals surface area contributed by atoms with Gasteiger partial charge in [-0.05, 0) is 35.6 Å². The minimum atomic E-state index is -0.0513. The Bertz CT molecular complexity index is 1050. The van der Waals surface area contributed by atoms with Crippen LogP contribution in [0.1, 0.15) is 37.9 Å². The molecule has 2 heteroatoms. The van der Waals surface area contributed by atoms with E-state index in [4.69, 9.17) is 0 Å². The highest BCUT2D eigenvalue weighted by Gasteiger charge is 2.42. The molecule has 0 amide bonds. The highest BCUT2D eigenvalue weighted by Crippen LogP contribution is 2.40. The monoisotopic (exact) mass is 395 g/mol. The van der Waals surface area contributed by atoms with E-state index < -0.39 is 0 Å². The van der Waals surface area contributed by atoms with Crippen molar-refractivity contribution in [1.29, 1.82) is 0 Å². The number of rotatable bonds is 7.